The van der Waals surface area contributed by atoms with Crippen LogP contribution in [0, 0.1) is 0 Å². The number of carboxylic acid groups (broad SMARTS) is 1. The molecule has 35 heavy (non-hydrogen) atoms. The van der Waals surface area contributed by atoms with Crippen molar-refractivity contribution in [2.75, 3.05) is 7.11 Å². The van der Waals surface area contributed by atoms with E-state index in [0.29, 0.717) is 32.7 Å². The smallest absolute Gasteiger partial charge is 0.497 e. The fraction of sp³-hybridized carbons (Fsp3) is 0.174. The molecule has 0 atom stereocenters. The van der Waals surface area contributed by atoms with E-state index in [-0.39, 0.29) is 22.8 Å². The molecule has 0 aliphatic heterocycles. The van der Waals surface area contributed by atoms with Gasteiger partial charge in [-0.15, -0.1) is 24.5 Å². The molecule has 0 fully saturated rings. The summed E-state index contributed by atoms with van der Waals surface area (Å²) in [7, 11) is -2.58. The molecule has 184 valence electrons. The lowest BCUT2D eigenvalue weighted by atomic mass is 10.1. The molecule has 4 aromatic rings. The van der Waals surface area contributed by atoms with Gasteiger partial charge in [-0.25, -0.2) is 3.97 Å². The Kier molecular flexibility index (Phi) is 6.52. The van der Waals surface area contributed by atoms with Gasteiger partial charge in [0.1, 0.15) is 15.7 Å². The Morgan fingerprint density at radius 3 is 2.37 bits per heavy atom. The van der Waals surface area contributed by atoms with Crippen LogP contribution in [0.2, 0.25) is 0 Å². The first kappa shape index (κ1) is 24.6. The van der Waals surface area contributed by atoms with Crippen LogP contribution in [-0.4, -0.2) is 36.9 Å². The second kappa shape index (κ2) is 9.27. The highest BCUT2D eigenvalue weighted by molar-refractivity contribution is 7.92. The molecule has 0 aliphatic rings. The predicted molar refractivity (Wildman–Crippen MR) is 123 cm³/mol. The Morgan fingerprint density at radius 2 is 1.74 bits per heavy atom. The van der Waals surface area contributed by atoms with Crippen molar-refractivity contribution < 1.29 is 41.0 Å². The first-order valence-corrected chi connectivity index (χ1v) is 12.3. The van der Waals surface area contributed by atoms with E-state index < -0.39 is 22.4 Å². The molecule has 2 aromatic heterocycles. The Labute approximate surface area is 202 Å². The Bertz CT molecular complexity index is 1490. The lowest BCUT2D eigenvalue weighted by Gasteiger charge is -2.08. The molecule has 7 nitrogen and oxygen atoms in total. The fourth-order valence-corrected chi connectivity index (χ4v) is 6.34. The van der Waals surface area contributed by atoms with Crippen LogP contribution in [0.25, 0.3) is 21.3 Å². The van der Waals surface area contributed by atoms with Crippen molar-refractivity contribution in [1.82, 2.24) is 3.97 Å². The van der Waals surface area contributed by atoms with Gasteiger partial charge in [0, 0.05) is 22.9 Å². The number of thiophene rings is 1. The number of aryl methyl sites for hydroxylation is 1. The van der Waals surface area contributed by atoms with E-state index in [1.165, 1.54) is 31.5 Å². The number of aliphatic carboxylic acids is 1. The van der Waals surface area contributed by atoms with Gasteiger partial charge in [0.2, 0.25) is 0 Å². The van der Waals surface area contributed by atoms with Gasteiger partial charge in [-0.1, -0.05) is 0 Å². The largest absolute Gasteiger partial charge is 0.573 e. The first-order chi connectivity index (χ1) is 16.5. The Hall–Kier alpha value is -3.51. The van der Waals surface area contributed by atoms with Crippen LogP contribution in [0.4, 0.5) is 13.2 Å². The number of aromatic nitrogens is 1. The van der Waals surface area contributed by atoms with Gasteiger partial charge in [-0.2, -0.15) is 8.42 Å². The van der Waals surface area contributed by atoms with Crippen LogP contribution in [0.3, 0.4) is 0 Å². The number of rotatable bonds is 8. The molecule has 0 saturated heterocycles. The molecule has 0 unspecified atom stereocenters. The van der Waals surface area contributed by atoms with Crippen LogP contribution in [0.1, 0.15) is 12.0 Å². The van der Waals surface area contributed by atoms with E-state index >= 15 is 0 Å². The number of hydrogen-bond acceptors (Lipinski definition) is 6. The Balaban J connectivity index is 1.70. The number of alkyl halides is 3. The number of benzene rings is 2. The second-order valence-electron chi connectivity index (χ2n) is 7.42. The summed E-state index contributed by atoms with van der Waals surface area (Å²) >= 11 is 0.960. The molecule has 0 saturated carbocycles. The van der Waals surface area contributed by atoms with Crippen LogP contribution in [0.15, 0.2) is 65.0 Å². The van der Waals surface area contributed by atoms with Gasteiger partial charge in [-0.3, -0.25) is 4.79 Å². The van der Waals surface area contributed by atoms with Crippen LogP contribution in [0.5, 0.6) is 11.5 Å². The number of fused-ring (bicyclic) bond motifs is 1. The highest BCUT2D eigenvalue weighted by Crippen LogP contribution is 2.36. The molecule has 0 spiro atoms. The maximum absolute atomic E-state index is 13.5. The monoisotopic (exact) mass is 525 g/mol. The van der Waals surface area contributed by atoms with E-state index in [1.807, 2.05) is 0 Å². The summed E-state index contributed by atoms with van der Waals surface area (Å²) in [4.78, 5) is 11.6. The molecule has 2 heterocycles. The van der Waals surface area contributed by atoms with Gasteiger partial charge in [0.15, 0.2) is 0 Å². The minimum Gasteiger partial charge on any atom is -0.497 e. The standard InChI is InChI=1S/C23H18F3NO6S2/c1-32-17-7-8-19-18(12-17)15(4-10-21(28)29)13-27(19)35(30,31)22-11-9-20(34-22)14-2-5-16(6-3-14)33-23(24,25)26/h2-3,5-9,11-13H,4,10H2,1H3,(H,28,29). The number of ether oxygens (including phenoxy) is 2. The molecular formula is C23H18F3NO6S2. The van der Waals surface area contributed by atoms with Crippen molar-refractivity contribution in [3.63, 3.8) is 0 Å². The van der Waals surface area contributed by atoms with E-state index in [4.69, 9.17) is 9.84 Å². The van der Waals surface area contributed by atoms with E-state index in [0.717, 1.165) is 27.4 Å². The topological polar surface area (TPSA) is 94.8 Å². The average molecular weight is 526 g/mol. The maximum Gasteiger partial charge on any atom is 0.573 e. The van der Waals surface area contributed by atoms with Crippen molar-refractivity contribution in [3.05, 3.63) is 66.4 Å². The summed E-state index contributed by atoms with van der Waals surface area (Å²) in [5, 5.41) is 9.63. The number of methoxy groups -OCH3 is 1. The summed E-state index contributed by atoms with van der Waals surface area (Å²) < 4.78 is 74.3. The molecule has 4 rings (SSSR count). The lowest BCUT2D eigenvalue weighted by molar-refractivity contribution is -0.274. The van der Waals surface area contributed by atoms with Crippen LogP contribution in [-0.2, 0) is 21.2 Å². The second-order valence-corrected chi connectivity index (χ2v) is 10.5. The number of hydrogen-bond donors (Lipinski definition) is 1. The number of halogens is 3. The van der Waals surface area contributed by atoms with Gasteiger partial charge in [-0.05, 0) is 72.1 Å². The summed E-state index contributed by atoms with van der Waals surface area (Å²) in [6, 6.07) is 13.0. The van der Waals surface area contributed by atoms with Crippen molar-refractivity contribution in [2.45, 2.75) is 23.4 Å². The third-order valence-electron chi connectivity index (χ3n) is 5.14. The Morgan fingerprint density at radius 1 is 1.06 bits per heavy atom. The molecule has 0 radical (unpaired) electrons. The quantitative estimate of drug-likeness (QED) is 0.325. The predicted octanol–water partition coefficient (Wildman–Crippen LogP) is 5.53. The summed E-state index contributed by atoms with van der Waals surface area (Å²) in [5.41, 5.74) is 1.44. The van der Waals surface area contributed by atoms with Crippen molar-refractivity contribution in [1.29, 1.82) is 0 Å². The minimum absolute atomic E-state index is 0.0145. The van der Waals surface area contributed by atoms with Crippen LogP contribution >= 0.6 is 11.3 Å². The van der Waals surface area contributed by atoms with E-state index in [2.05, 4.69) is 4.74 Å². The third kappa shape index (κ3) is 5.28. The number of carbonyl (C=O) groups is 1. The number of carboxylic acids is 1. The highest BCUT2D eigenvalue weighted by Gasteiger charge is 2.31. The van der Waals surface area contributed by atoms with Gasteiger partial charge >= 0.3 is 12.3 Å². The summed E-state index contributed by atoms with van der Waals surface area (Å²) in [5.74, 6) is -0.888. The van der Waals surface area contributed by atoms with Gasteiger partial charge in [0.05, 0.1) is 12.6 Å². The summed E-state index contributed by atoms with van der Waals surface area (Å²) in [6.45, 7) is 0. The van der Waals surface area contributed by atoms with E-state index in [1.54, 1.807) is 24.3 Å². The van der Waals surface area contributed by atoms with Gasteiger partial charge < -0.3 is 14.6 Å². The van der Waals surface area contributed by atoms with E-state index in [9.17, 15) is 26.4 Å². The average Bonchev–Trinajstić information content (AvgIpc) is 3.43. The highest BCUT2D eigenvalue weighted by atomic mass is 32.2. The zero-order valence-corrected chi connectivity index (χ0v) is 19.7. The molecule has 0 amide bonds. The first-order valence-electron chi connectivity index (χ1n) is 10.1. The minimum atomic E-state index is -4.81. The van der Waals surface area contributed by atoms with Crippen molar-refractivity contribution in [3.8, 4) is 21.9 Å². The molecule has 12 heteroatoms. The zero-order chi connectivity index (χ0) is 25.4. The molecule has 2 aromatic carbocycles. The third-order valence-corrected chi connectivity index (χ3v) is 8.41. The van der Waals surface area contributed by atoms with Gasteiger partial charge in [0.25, 0.3) is 10.0 Å². The number of nitrogens with zero attached hydrogens (tertiary/aromatic N) is 1. The molecule has 0 bridgehead atoms. The zero-order valence-electron chi connectivity index (χ0n) is 18.1. The maximum atomic E-state index is 13.5. The molecule has 0 aliphatic carbocycles. The fourth-order valence-electron chi connectivity index (χ4n) is 3.54. The SMILES string of the molecule is COc1ccc2c(c1)c(CCC(=O)O)cn2S(=O)(=O)c1ccc(-c2ccc(OC(F)(F)F)cc2)s1. The van der Waals surface area contributed by atoms with Crippen molar-refractivity contribution >= 4 is 38.2 Å². The molecule has 1 N–H and O–H groups in total. The van der Waals surface area contributed by atoms with Crippen LogP contribution < -0.4 is 9.47 Å². The lowest BCUT2D eigenvalue weighted by Crippen LogP contribution is -2.16. The molecular weight excluding hydrogens is 507 g/mol. The summed E-state index contributed by atoms with van der Waals surface area (Å²) in [6.07, 6.45) is -3.44. The van der Waals surface area contributed by atoms with Crippen molar-refractivity contribution in [2.24, 2.45) is 0 Å². The normalized spacial score (nSPS) is 12.1.